The minimum Gasteiger partial charge on any atom is -0.426 e. The van der Waals surface area contributed by atoms with Crippen molar-refractivity contribution in [1.29, 1.82) is 0 Å². The van der Waals surface area contributed by atoms with E-state index in [9.17, 15) is 14.4 Å². The Kier molecular flexibility index (Phi) is 50.7. The predicted octanol–water partition coefficient (Wildman–Crippen LogP) is 37.9. The molecule has 0 bridgehead atoms. The molecular formula is C123H200O6. The molecule has 0 aromatic heterocycles. The molecule has 0 atom stereocenters. The molecule has 129 heavy (non-hydrogen) atoms. The third-order valence-corrected chi connectivity index (χ3v) is 35.9. The molecule has 0 unspecified atom stereocenters. The summed E-state index contributed by atoms with van der Waals surface area (Å²) >= 11 is 0. The molecule has 11 saturated carbocycles. The van der Waals surface area contributed by atoms with Crippen LogP contribution in [-0.2, 0) is 20.8 Å². The number of benzene rings is 4. The van der Waals surface area contributed by atoms with Crippen molar-refractivity contribution in [2.45, 2.75) is 494 Å². The summed E-state index contributed by atoms with van der Waals surface area (Å²) < 4.78 is 17.5. The van der Waals surface area contributed by atoms with Crippen LogP contribution in [0.3, 0.4) is 0 Å². The van der Waals surface area contributed by atoms with Crippen molar-refractivity contribution < 1.29 is 28.6 Å². The number of unbranched alkanes of at least 4 members (excludes halogenated alkanes) is 1. The maximum atomic E-state index is 12.9. The summed E-state index contributed by atoms with van der Waals surface area (Å²) in [4.78, 5) is 38.5. The van der Waals surface area contributed by atoms with E-state index in [0.29, 0.717) is 17.8 Å². The van der Waals surface area contributed by atoms with Gasteiger partial charge in [0, 0.05) is 0 Å². The Morgan fingerprint density at radius 1 is 0.256 bits per heavy atom. The van der Waals surface area contributed by atoms with Crippen LogP contribution in [0.4, 0.5) is 0 Å². The van der Waals surface area contributed by atoms with Crippen LogP contribution < -0.4 is 14.2 Å². The smallest absolute Gasteiger partial charge is 0.314 e. The van der Waals surface area contributed by atoms with E-state index in [1.807, 2.05) is 36.4 Å². The van der Waals surface area contributed by atoms with Crippen molar-refractivity contribution in [3.63, 3.8) is 0 Å². The first kappa shape index (κ1) is 109. The summed E-state index contributed by atoms with van der Waals surface area (Å²) in [7, 11) is 0. The average Bonchev–Trinajstić information content (AvgIpc) is 0.850. The maximum Gasteiger partial charge on any atom is 0.314 e. The van der Waals surface area contributed by atoms with E-state index >= 15 is 0 Å². The molecule has 0 radical (unpaired) electrons. The van der Waals surface area contributed by atoms with Gasteiger partial charge >= 0.3 is 17.9 Å². The number of allylic oxidation sites excluding steroid dienone is 2. The molecule has 11 fully saturated rings. The highest BCUT2D eigenvalue weighted by Crippen LogP contribution is 2.50. The molecule has 4 aromatic rings. The fourth-order valence-corrected chi connectivity index (χ4v) is 27.6. The maximum absolute atomic E-state index is 12.9. The van der Waals surface area contributed by atoms with E-state index in [2.05, 4.69) is 128 Å². The lowest BCUT2D eigenvalue weighted by atomic mass is 9.68. The second-order valence-electron chi connectivity index (χ2n) is 44.0. The SMILES string of the molecule is C.C.C.C.C/C=C/CCC1CCC(C2CCC(c3ccc(CCC)cc3)CC2)CC1.CCCC1CCC(C2CCC(C(=O)Oc3ccc(C4CCC(CC)CC4)cc3)CC2)CC1.CCCC1CCC(c2ccc(OC(=O)C3CCC(C4CCC(CCC)CC4)CC3)cc2)CC1.CCCCC1CCC(c2ccc(OC(=O)C3CCC(C4CCC(CCC)CC4)CC3)cc2)CC1. The Morgan fingerprint density at radius 3 is 0.729 bits per heavy atom. The summed E-state index contributed by atoms with van der Waals surface area (Å²) in [5.74, 6) is 19.6. The number of rotatable bonds is 31. The van der Waals surface area contributed by atoms with Gasteiger partial charge in [0.1, 0.15) is 17.2 Å². The number of carbonyl (C=O) groups excluding carboxylic acids is 3. The fourth-order valence-electron chi connectivity index (χ4n) is 27.6. The average molecular weight is 1770 g/mol. The second-order valence-corrected chi connectivity index (χ2v) is 44.0. The summed E-state index contributed by atoms with van der Waals surface area (Å²) in [6, 6.07) is 35.0. The molecule has 6 heteroatoms. The normalized spacial score (nSPS) is 31.3. The van der Waals surface area contributed by atoms with E-state index < -0.39 is 0 Å². The number of aryl methyl sites for hydroxylation is 1. The molecule has 728 valence electrons. The molecule has 6 nitrogen and oxygen atoms in total. The van der Waals surface area contributed by atoms with Crippen LogP contribution in [0, 0.1) is 107 Å². The lowest BCUT2D eigenvalue weighted by Gasteiger charge is -2.38. The topological polar surface area (TPSA) is 78.9 Å². The number of esters is 3. The van der Waals surface area contributed by atoms with Gasteiger partial charge in [-0.05, 0) is 434 Å². The van der Waals surface area contributed by atoms with Gasteiger partial charge in [0.25, 0.3) is 0 Å². The number of ether oxygens (including phenoxy) is 3. The van der Waals surface area contributed by atoms with Crippen LogP contribution in [0.2, 0.25) is 0 Å². The molecule has 0 saturated heterocycles. The Bertz CT molecular complexity index is 3570. The fraction of sp³-hybridized carbons (Fsp3) is 0.764. The van der Waals surface area contributed by atoms with Gasteiger partial charge in [-0.2, -0.15) is 0 Å². The summed E-state index contributed by atoms with van der Waals surface area (Å²) in [6.45, 7) is 18.3. The van der Waals surface area contributed by atoms with Crippen molar-refractivity contribution in [2.24, 2.45) is 107 Å². The third kappa shape index (κ3) is 35.0. The van der Waals surface area contributed by atoms with Gasteiger partial charge in [0.05, 0.1) is 17.8 Å². The second kappa shape index (κ2) is 59.8. The highest BCUT2D eigenvalue weighted by Gasteiger charge is 2.39. The summed E-state index contributed by atoms with van der Waals surface area (Å²) in [5, 5.41) is 0. The van der Waals surface area contributed by atoms with Crippen LogP contribution >= 0.6 is 0 Å². The van der Waals surface area contributed by atoms with Gasteiger partial charge in [0.2, 0.25) is 0 Å². The van der Waals surface area contributed by atoms with E-state index in [1.165, 1.54) is 369 Å². The third-order valence-electron chi connectivity index (χ3n) is 35.9. The van der Waals surface area contributed by atoms with Gasteiger partial charge in [0.15, 0.2) is 0 Å². The van der Waals surface area contributed by atoms with Crippen molar-refractivity contribution in [3.05, 3.63) is 137 Å². The van der Waals surface area contributed by atoms with Gasteiger partial charge in [-0.1, -0.05) is 286 Å². The van der Waals surface area contributed by atoms with Crippen LogP contribution in [-0.4, -0.2) is 17.9 Å². The van der Waals surface area contributed by atoms with Gasteiger partial charge in [-0.25, -0.2) is 0 Å². The molecule has 11 aliphatic carbocycles. The van der Waals surface area contributed by atoms with Crippen LogP contribution in [0.5, 0.6) is 17.2 Å². The summed E-state index contributed by atoms with van der Waals surface area (Å²) in [5.41, 5.74) is 7.41. The van der Waals surface area contributed by atoms with E-state index in [-0.39, 0.29) is 65.4 Å². The first-order chi connectivity index (χ1) is 61.3. The largest absolute Gasteiger partial charge is 0.426 e. The van der Waals surface area contributed by atoms with Crippen molar-refractivity contribution >= 4 is 17.9 Å². The molecule has 0 amide bonds. The zero-order valence-electron chi connectivity index (χ0n) is 81.5. The van der Waals surface area contributed by atoms with Crippen LogP contribution in [0.15, 0.2) is 109 Å². The van der Waals surface area contributed by atoms with Crippen molar-refractivity contribution in [3.8, 4) is 17.2 Å². The molecular weight excluding hydrogens is 1570 g/mol. The minimum atomic E-state index is 0. The van der Waals surface area contributed by atoms with Crippen LogP contribution in [0.1, 0.15) is 515 Å². The first-order valence-electron chi connectivity index (χ1n) is 54.9. The predicted molar refractivity (Wildman–Crippen MR) is 554 cm³/mol. The number of hydrogen-bond donors (Lipinski definition) is 0. The number of hydrogen-bond acceptors (Lipinski definition) is 6. The number of carbonyl (C=O) groups is 3. The summed E-state index contributed by atoms with van der Waals surface area (Å²) in [6.07, 6.45) is 84.9. The van der Waals surface area contributed by atoms with Gasteiger partial charge < -0.3 is 14.2 Å². The van der Waals surface area contributed by atoms with Crippen molar-refractivity contribution in [1.82, 2.24) is 0 Å². The Hall–Kier alpha value is -4.97. The minimum absolute atomic E-state index is 0. The zero-order valence-corrected chi connectivity index (χ0v) is 81.5. The molecule has 0 N–H and O–H groups in total. The standard InChI is InChI=1S/C32H50O2.C31H48O2.C30H46O2.C26H40.4CH4/c1-3-5-7-25-10-14-27(15-11-25)29-20-22-31(23-21-29)34-32(33)30-18-16-28(17-19-30)26-12-8-24(6-4-2)9-13-26;1-3-5-23-7-11-25(12-8-23)27-15-17-29(18-16-27)31(32)33-30-21-19-28(20-22-30)26-13-9-24(6-4-2)10-14-26;1-3-5-23-8-12-25(13-9-23)26-14-16-28(17-15-26)30(31)32-29-20-18-27(19-21-29)24-10-6-22(4-2)7-11-24;1-3-5-6-8-22-11-15-24(16-12-22)26-19-17-25(18-20-26)23-13-9-21(7-4-2)10-14-23;;;;/h20-28,30H,3-19H2,1-2H3;19-27,29H,3-18H2,1-2H3;18-26,28H,3-17H2,1-2H3;3,5,9-10,13-14,22,24-26H,4,6-8,11-12,15-20H2,1-2H3;4*1H4/b;;;5-3+;;;;. The zero-order chi connectivity index (χ0) is 87.3. The van der Waals surface area contributed by atoms with E-state index in [4.69, 9.17) is 14.2 Å². The Balaban J connectivity index is 0.000000211. The Labute approximate surface area is 796 Å². The highest BCUT2D eigenvalue weighted by molar-refractivity contribution is 5.76. The first-order valence-corrected chi connectivity index (χ1v) is 54.9. The molecule has 0 aliphatic heterocycles. The molecule has 4 aromatic carbocycles. The van der Waals surface area contributed by atoms with E-state index in [0.717, 1.165) is 150 Å². The van der Waals surface area contributed by atoms with Crippen molar-refractivity contribution in [2.75, 3.05) is 0 Å². The molecule has 11 aliphatic rings. The van der Waals surface area contributed by atoms with E-state index in [1.54, 1.807) is 5.56 Å². The lowest BCUT2D eigenvalue weighted by molar-refractivity contribution is -0.141. The van der Waals surface area contributed by atoms with Crippen LogP contribution in [0.25, 0.3) is 0 Å². The monoisotopic (exact) mass is 1770 g/mol. The lowest BCUT2D eigenvalue weighted by Crippen LogP contribution is -2.30. The van der Waals surface area contributed by atoms with Gasteiger partial charge in [-0.3, -0.25) is 14.4 Å². The molecule has 15 rings (SSSR count). The quantitative estimate of drug-likeness (QED) is 0.0284. The molecule has 0 spiro atoms. The molecule has 0 heterocycles. The highest BCUT2D eigenvalue weighted by atomic mass is 16.5. The van der Waals surface area contributed by atoms with Gasteiger partial charge in [-0.15, -0.1) is 0 Å². The Morgan fingerprint density at radius 2 is 0.481 bits per heavy atom.